The van der Waals surface area contributed by atoms with Crippen molar-refractivity contribution in [2.24, 2.45) is 5.10 Å². The van der Waals surface area contributed by atoms with Crippen LogP contribution in [0.15, 0.2) is 33.8 Å². The van der Waals surface area contributed by atoms with Gasteiger partial charge in [0, 0.05) is 0 Å². The lowest BCUT2D eigenvalue weighted by atomic mass is 10.2. The second-order valence-electron chi connectivity index (χ2n) is 4.87. The summed E-state index contributed by atoms with van der Waals surface area (Å²) in [6.07, 6.45) is 6.63. The quantitative estimate of drug-likeness (QED) is 0.466. The van der Waals surface area contributed by atoms with Gasteiger partial charge in [-0.2, -0.15) is 5.10 Å². The number of hydrogen-bond acceptors (Lipinski definition) is 5. The Morgan fingerprint density at radius 1 is 1.44 bits per heavy atom. The SMILES string of the molecule is C#CCOc1c(Cl)cc(/C=N\NC(=O)c2ccc(C)o2)cc1OCC. The standard InChI is InChI=1S/C18H17ClN2O4/c1-4-8-24-17-14(19)9-13(10-16(17)23-5-2)11-20-21-18(22)15-7-6-12(3)25-15/h1,6-7,9-11H,5,8H2,2-3H3,(H,21,22)/b20-11-. The number of furan rings is 1. The third kappa shape index (κ3) is 5.03. The van der Waals surface area contributed by atoms with Crippen molar-refractivity contribution in [2.45, 2.75) is 13.8 Å². The molecule has 0 fully saturated rings. The van der Waals surface area contributed by atoms with E-state index in [4.69, 9.17) is 31.9 Å². The predicted octanol–water partition coefficient (Wildman–Crippen LogP) is 3.42. The molecule has 25 heavy (non-hydrogen) atoms. The Morgan fingerprint density at radius 2 is 2.24 bits per heavy atom. The normalized spacial score (nSPS) is 10.5. The number of amides is 1. The Kier molecular flexibility index (Phi) is 6.49. The largest absolute Gasteiger partial charge is 0.490 e. The summed E-state index contributed by atoms with van der Waals surface area (Å²) in [6.45, 7) is 4.09. The van der Waals surface area contributed by atoms with Crippen LogP contribution in [0.2, 0.25) is 5.02 Å². The first kappa shape index (κ1) is 18.4. The van der Waals surface area contributed by atoms with Gasteiger partial charge in [0.05, 0.1) is 17.8 Å². The zero-order valence-corrected chi connectivity index (χ0v) is 14.6. The van der Waals surface area contributed by atoms with Crippen molar-refractivity contribution in [3.8, 4) is 23.8 Å². The number of nitrogens with zero attached hydrogens (tertiary/aromatic N) is 1. The van der Waals surface area contributed by atoms with E-state index in [9.17, 15) is 4.79 Å². The third-order valence-electron chi connectivity index (χ3n) is 2.98. The molecule has 2 rings (SSSR count). The number of ether oxygens (including phenoxy) is 2. The molecule has 0 radical (unpaired) electrons. The summed E-state index contributed by atoms with van der Waals surface area (Å²) in [5.74, 6) is 3.56. The van der Waals surface area contributed by atoms with E-state index in [-0.39, 0.29) is 12.4 Å². The van der Waals surface area contributed by atoms with Crippen molar-refractivity contribution in [3.63, 3.8) is 0 Å². The molecule has 2 aromatic rings. The molecular weight excluding hydrogens is 344 g/mol. The highest BCUT2D eigenvalue weighted by atomic mass is 35.5. The number of carbonyl (C=O) groups is 1. The zero-order valence-electron chi connectivity index (χ0n) is 13.8. The predicted molar refractivity (Wildman–Crippen MR) is 95.5 cm³/mol. The Hall–Kier alpha value is -2.91. The minimum atomic E-state index is -0.450. The van der Waals surface area contributed by atoms with E-state index in [0.717, 1.165) is 0 Å². The van der Waals surface area contributed by atoms with Crippen LogP contribution in [0.1, 0.15) is 28.8 Å². The smallest absolute Gasteiger partial charge is 0.307 e. The van der Waals surface area contributed by atoms with Crippen LogP contribution in [0.3, 0.4) is 0 Å². The van der Waals surface area contributed by atoms with Crippen molar-refractivity contribution in [3.05, 3.63) is 46.4 Å². The number of benzene rings is 1. The van der Waals surface area contributed by atoms with E-state index in [0.29, 0.717) is 34.5 Å². The van der Waals surface area contributed by atoms with Gasteiger partial charge in [0.15, 0.2) is 17.3 Å². The molecule has 0 spiro atoms. The van der Waals surface area contributed by atoms with E-state index in [1.165, 1.54) is 6.21 Å². The van der Waals surface area contributed by atoms with Gasteiger partial charge in [0.2, 0.25) is 0 Å². The molecule has 0 unspecified atom stereocenters. The average molecular weight is 361 g/mol. The Labute approximate surface area is 150 Å². The van der Waals surface area contributed by atoms with E-state index >= 15 is 0 Å². The van der Waals surface area contributed by atoms with Crippen molar-refractivity contribution < 1.29 is 18.7 Å². The van der Waals surface area contributed by atoms with Gasteiger partial charge in [0.25, 0.3) is 0 Å². The molecule has 1 N–H and O–H groups in total. The van der Waals surface area contributed by atoms with Gasteiger partial charge in [-0.15, -0.1) is 6.42 Å². The highest BCUT2D eigenvalue weighted by Crippen LogP contribution is 2.36. The Balaban J connectivity index is 2.13. The maximum Gasteiger partial charge on any atom is 0.307 e. The van der Waals surface area contributed by atoms with Gasteiger partial charge in [-0.25, -0.2) is 5.43 Å². The van der Waals surface area contributed by atoms with Gasteiger partial charge < -0.3 is 13.9 Å². The third-order valence-corrected chi connectivity index (χ3v) is 3.26. The number of terminal acetylenes is 1. The second-order valence-corrected chi connectivity index (χ2v) is 5.27. The molecule has 0 atom stereocenters. The van der Waals surface area contributed by atoms with Crippen LogP contribution in [-0.2, 0) is 0 Å². The number of nitrogens with one attached hydrogen (secondary N) is 1. The molecule has 0 saturated heterocycles. The first-order valence-corrected chi connectivity index (χ1v) is 7.85. The Morgan fingerprint density at radius 3 is 2.88 bits per heavy atom. The van der Waals surface area contributed by atoms with Crippen molar-refractivity contribution in [2.75, 3.05) is 13.2 Å². The molecule has 6 nitrogen and oxygen atoms in total. The summed E-state index contributed by atoms with van der Waals surface area (Å²) in [5.41, 5.74) is 3.00. The van der Waals surface area contributed by atoms with E-state index in [1.807, 2.05) is 6.92 Å². The van der Waals surface area contributed by atoms with Crippen LogP contribution in [0.25, 0.3) is 0 Å². The van der Waals surface area contributed by atoms with Gasteiger partial charge in [-0.1, -0.05) is 17.5 Å². The van der Waals surface area contributed by atoms with E-state index < -0.39 is 5.91 Å². The van der Waals surface area contributed by atoms with Gasteiger partial charge in [0.1, 0.15) is 12.4 Å². The van der Waals surface area contributed by atoms with Gasteiger partial charge in [-0.3, -0.25) is 4.79 Å². The molecule has 0 saturated carbocycles. The number of aryl methyl sites for hydroxylation is 1. The molecule has 7 heteroatoms. The van der Waals surface area contributed by atoms with E-state index in [1.54, 1.807) is 31.2 Å². The molecule has 0 bridgehead atoms. The summed E-state index contributed by atoms with van der Waals surface area (Å²) >= 11 is 6.21. The monoisotopic (exact) mass is 360 g/mol. The Bertz CT molecular complexity index is 821. The fraction of sp³-hybridized carbons (Fsp3) is 0.222. The van der Waals surface area contributed by atoms with Crippen molar-refractivity contribution in [1.82, 2.24) is 5.43 Å². The van der Waals surface area contributed by atoms with Crippen LogP contribution in [-0.4, -0.2) is 25.3 Å². The maximum absolute atomic E-state index is 11.8. The molecule has 0 aliphatic heterocycles. The molecule has 1 heterocycles. The molecule has 0 aliphatic carbocycles. The maximum atomic E-state index is 11.8. The number of carbonyl (C=O) groups excluding carboxylic acids is 1. The number of rotatable bonds is 7. The lowest BCUT2D eigenvalue weighted by Crippen LogP contribution is -2.16. The summed E-state index contributed by atoms with van der Waals surface area (Å²) in [4.78, 5) is 11.8. The molecule has 1 aromatic carbocycles. The highest BCUT2D eigenvalue weighted by molar-refractivity contribution is 6.32. The summed E-state index contributed by atoms with van der Waals surface area (Å²) in [7, 11) is 0. The fourth-order valence-corrected chi connectivity index (χ4v) is 2.23. The summed E-state index contributed by atoms with van der Waals surface area (Å²) in [6, 6.07) is 6.58. The molecule has 0 aliphatic rings. The van der Waals surface area contributed by atoms with Crippen LogP contribution in [0.4, 0.5) is 0 Å². The first-order chi connectivity index (χ1) is 12.0. The number of halogens is 1. The lowest BCUT2D eigenvalue weighted by Gasteiger charge is -2.12. The molecule has 1 aromatic heterocycles. The van der Waals surface area contributed by atoms with Crippen molar-refractivity contribution >= 4 is 23.7 Å². The average Bonchev–Trinajstić information content (AvgIpc) is 3.01. The minimum Gasteiger partial charge on any atom is -0.490 e. The van der Waals surface area contributed by atoms with Crippen LogP contribution < -0.4 is 14.9 Å². The fourth-order valence-electron chi connectivity index (χ4n) is 1.96. The van der Waals surface area contributed by atoms with Crippen LogP contribution in [0.5, 0.6) is 11.5 Å². The molecule has 130 valence electrons. The van der Waals surface area contributed by atoms with Crippen LogP contribution >= 0.6 is 11.6 Å². The number of hydrazone groups is 1. The first-order valence-electron chi connectivity index (χ1n) is 7.47. The summed E-state index contributed by atoms with van der Waals surface area (Å²) < 4.78 is 16.1. The minimum absolute atomic E-state index is 0.0752. The van der Waals surface area contributed by atoms with Gasteiger partial charge >= 0.3 is 5.91 Å². The van der Waals surface area contributed by atoms with Gasteiger partial charge in [-0.05, 0) is 43.7 Å². The van der Waals surface area contributed by atoms with E-state index in [2.05, 4.69) is 16.4 Å². The number of hydrogen-bond donors (Lipinski definition) is 1. The van der Waals surface area contributed by atoms with Crippen LogP contribution in [0, 0.1) is 19.3 Å². The molecule has 1 amide bonds. The zero-order chi connectivity index (χ0) is 18.2. The van der Waals surface area contributed by atoms with Crippen molar-refractivity contribution in [1.29, 1.82) is 0 Å². The highest BCUT2D eigenvalue weighted by Gasteiger charge is 2.12. The second kappa shape index (κ2) is 8.81. The lowest BCUT2D eigenvalue weighted by molar-refractivity contribution is 0.0926. The summed E-state index contributed by atoms with van der Waals surface area (Å²) in [5, 5.41) is 4.22. The molecular formula is C18H17ClN2O4. The topological polar surface area (TPSA) is 73.1 Å².